The predicted molar refractivity (Wildman–Crippen MR) is 98.5 cm³/mol. The number of halogens is 1. The molecule has 0 aliphatic heterocycles. The molecule has 4 nitrogen and oxygen atoms in total. The lowest BCUT2D eigenvalue weighted by atomic mass is 10.2. The molecule has 0 saturated carbocycles. The normalized spacial score (nSPS) is 10.8. The van der Waals surface area contributed by atoms with Crippen LogP contribution in [-0.4, -0.2) is 31.3 Å². The second-order valence-electron chi connectivity index (χ2n) is 5.53. The number of aliphatic hydroxyl groups is 1. The van der Waals surface area contributed by atoms with E-state index < -0.39 is 0 Å². The number of hydrogen-bond donors (Lipinski definition) is 3. The number of ether oxygens (including phenoxy) is 1. The van der Waals surface area contributed by atoms with Crippen LogP contribution in [0, 0.1) is 0 Å². The van der Waals surface area contributed by atoms with Gasteiger partial charge in [0.05, 0.1) is 6.61 Å². The van der Waals surface area contributed by atoms with E-state index in [1.165, 1.54) is 5.56 Å². The Balaban J connectivity index is 1.66. The zero-order valence-corrected chi connectivity index (χ0v) is 14.6. The van der Waals surface area contributed by atoms with Crippen LogP contribution in [0.15, 0.2) is 48.5 Å². The fourth-order valence-electron chi connectivity index (χ4n) is 2.26. The van der Waals surface area contributed by atoms with Crippen LogP contribution in [0.4, 0.5) is 0 Å². The number of benzene rings is 2. The highest BCUT2D eigenvalue weighted by Crippen LogP contribution is 2.18. The van der Waals surface area contributed by atoms with Gasteiger partial charge >= 0.3 is 0 Å². The average molecular weight is 349 g/mol. The van der Waals surface area contributed by atoms with Crippen LogP contribution >= 0.6 is 11.6 Å². The topological polar surface area (TPSA) is 53.5 Å². The molecule has 130 valence electrons. The van der Waals surface area contributed by atoms with Gasteiger partial charge in [0.25, 0.3) is 0 Å². The molecular weight excluding hydrogens is 324 g/mol. The van der Waals surface area contributed by atoms with Gasteiger partial charge in [-0.15, -0.1) is 0 Å². The van der Waals surface area contributed by atoms with Crippen LogP contribution in [0.3, 0.4) is 0 Å². The summed E-state index contributed by atoms with van der Waals surface area (Å²) in [6.07, 6.45) is 1.04. The SMILES string of the molecule is OCCNCCCNCc1ccc(OCc2ccccc2Cl)cc1. The van der Waals surface area contributed by atoms with Crippen molar-refractivity contribution >= 4 is 11.6 Å². The Kier molecular flexibility index (Phi) is 8.63. The van der Waals surface area contributed by atoms with E-state index in [9.17, 15) is 0 Å². The van der Waals surface area contributed by atoms with Crippen molar-refractivity contribution in [2.45, 2.75) is 19.6 Å². The second kappa shape index (κ2) is 11.0. The highest BCUT2D eigenvalue weighted by Gasteiger charge is 2.01. The third-order valence-corrected chi connectivity index (χ3v) is 3.97. The van der Waals surface area contributed by atoms with E-state index in [0.29, 0.717) is 13.2 Å². The number of aliphatic hydroxyl groups excluding tert-OH is 1. The van der Waals surface area contributed by atoms with Gasteiger partial charge in [-0.3, -0.25) is 0 Å². The lowest BCUT2D eigenvalue weighted by Gasteiger charge is -2.09. The van der Waals surface area contributed by atoms with Gasteiger partial charge in [-0.05, 0) is 43.3 Å². The molecule has 0 amide bonds. The molecule has 0 fully saturated rings. The van der Waals surface area contributed by atoms with Crippen molar-refractivity contribution in [3.05, 3.63) is 64.7 Å². The van der Waals surface area contributed by atoms with Crippen LogP contribution in [0.1, 0.15) is 17.5 Å². The average Bonchev–Trinajstić information content (AvgIpc) is 2.61. The van der Waals surface area contributed by atoms with Gasteiger partial charge in [0, 0.05) is 23.7 Å². The van der Waals surface area contributed by atoms with E-state index in [1.54, 1.807) is 0 Å². The number of hydrogen-bond acceptors (Lipinski definition) is 4. The van der Waals surface area contributed by atoms with Gasteiger partial charge in [0.2, 0.25) is 0 Å². The minimum Gasteiger partial charge on any atom is -0.489 e. The summed E-state index contributed by atoms with van der Waals surface area (Å²) < 4.78 is 5.77. The van der Waals surface area contributed by atoms with E-state index in [1.807, 2.05) is 36.4 Å². The first-order valence-electron chi connectivity index (χ1n) is 8.27. The minimum atomic E-state index is 0.193. The van der Waals surface area contributed by atoms with Gasteiger partial charge < -0.3 is 20.5 Å². The second-order valence-corrected chi connectivity index (χ2v) is 5.94. The molecule has 0 spiro atoms. The molecule has 0 aromatic heterocycles. The summed E-state index contributed by atoms with van der Waals surface area (Å²) >= 11 is 6.12. The van der Waals surface area contributed by atoms with Gasteiger partial charge in [0.15, 0.2) is 0 Å². The van der Waals surface area contributed by atoms with Gasteiger partial charge in [-0.1, -0.05) is 41.9 Å². The van der Waals surface area contributed by atoms with Crippen LogP contribution in [0.5, 0.6) is 5.75 Å². The Labute approximate surface area is 148 Å². The smallest absolute Gasteiger partial charge is 0.119 e. The maximum absolute atomic E-state index is 8.66. The summed E-state index contributed by atoms with van der Waals surface area (Å²) in [5.74, 6) is 0.840. The molecule has 2 rings (SSSR count). The van der Waals surface area contributed by atoms with Crippen LogP contribution in [0.25, 0.3) is 0 Å². The Hall–Kier alpha value is -1.59. The Morgan fingerprint density at radius 3 is 2.42 bits per heavy atom. The Morgan fingerprint density at radius 1 is 0.917 bits per heavy atom. The standard InChI is InChI=1S/C19H25ClN2O2/c20-19-5-2-1-4-17(19)15-24-18-8-6-16(7-9-18)14-22-11-3-10-21-12-13-23/h1-2,4-9,21-23H,3,10-15H2. The Morgan fingerprint density at radius 2 is 1.67 bits per heavy atom. The molecule has 0 radical (unpaired) electrons. The molecule has 0 unspecified atom stereocenters. The fraction of sp³-hybridized carbons (Fsp3) is 0.368. The van der Waals surface area contributed by atoms with Crippen molar-refractivity contribution in [2.75, 3.05) is 26.2 Å². The predicted octanol–water partition coefficient (Wildman–Crippen LogP) is 2.98. The molecule has 2 aromatic carbocycles. The van der Waals surface area contributed by atoms with Crippen molar-refractivity contribution in [1.82, 2.24) is 10.6 Å². The van der Waals surface area contributed by atoms with Crippen molar-refractivity contribution in [1.29, 1.82) is 0 Å². The number of rotatable bonds is 11. The van der Waals surface area contributed by atoms with Crippen molar-refractivity contribution in [3.63, 3.8) is 0 Å². The molecular formula is C19H25ClN2O2. The van der Waals surface area contributed by atoms with Crippen LogP contribution < -0.4 is 15.4 Å². The quantitative estimate of drug-likeness (QED) is 0.546. The van der Waals surface area contributed by atoms with Gasteiger partial charge in [0.1, 0.15) is 12.4 Å². The lowest BCUT2D eigenvalue weighted by Crippen LogP contribution is -2.23. The van der Waals surface area contributed by atoms with Crippen LogP contribution in [-0.2, 0) is 13.2 Å². The summed E-state index contributed by atoms with van der Waals surface area (Å²) in [6, 6.07) is 15.8. The molecule has 0 saturated heterocycles. The third kappa shape index (κ3) is 6.89. The van der Waals surface area contributed by atoms with Crippen LogP contribution in [0.2, 0.25) is 5.02 Å². The first-order valence-corrected chi connectivity index (χ1v) is 8.65. The molecule has 3 N–H and O–H groups in total. The zero-order valence-electron chi connectivity index (χ0n) is 13.8. The van der Waals surface area contributed by atoms with Crippen molar-refractivity contribution in [2.24, 2.45) is 0 Å². The van der Waals surface area contributed by atoms with E-state index in [-0.39, 0.29) is 6.61 Å². The maximum Gasteiger partial charge on any atom is 0.119 e. The molecule has 0 bridgehead atoms. The zero-order chi connectivity index (χ0) is 17.0. The number of nitrogens with one attached hydrogen (secondary N) is 2. The van der Waals surface area contributed by atoms with E-state index in [4.69, 9.17) is 21.4 Å². The molecule has 0 heterocycles. The van der Waals surface area contributed by atoms with Gasteiger partial charge in [-0.2, -0.15) is 0 Å². The first-order chi connectivity index (χ1) is 11.8. The first kappa shape index (κ1) is 18.7. The monoisotopic (exact) mass is 348 g/mol. The summed E-state index contributed by atoms with van der Waals surface area (Å²) in [7, 11) is 0. The summed E-state index contributed by atoms with van der Waals surface area (Å²) in [6.45, 7) is 4.03. The van der Waals surface area contributed by atoms with Gasteiger partial charge in [-0.25, -0.2) is 0 Å². The molecule has 0 aliphatic carbocycles. The highest BCUT2D eigenvalue weighted by molar-refractivity contribution is 6.31. The summed E-state index contributed by atoms with van der Waals surface area (Å²) in [4.78, 5) is 0. The van der Waals surface area contributed by atoms with E-state index >= 15 is 0 Å². The largest absolute Gasteiger partial charge is 0.489 e. The molecule has 0 atom stereocenters. The maximum atomic E-state index is 8.66. The summed E-state index contributed by atoms with van der Waals surface area (Å²) in [5, 5.41) is 15.9. The molecule has 24 heavy (non-hydrogen) atoms. The highest BCUT2D eigenvalue weighted by atomic mass is 35.5. The van der Waals surface area contributed by atoms with Crippen molar-refractivity contribution < 1.29 is 9.84 Å². The molecule has 5 heteroatoms. The lowest BCUT2D eigenvalue weighted by molar-refractivity contribution is 0.292. The van der Waals surface area contributed by atoms with Crippen molar-refractivity contribution in [3.8, 4) is 5.75 Å². The third-order valence-electron chi connectivity index (χ3n) is 3.60. The molecule has 0 aliphatic rings. The van der Waals surface area contributed by atoms with E-state index in [0.717, 1.165) is 42.4 Å². The minimum absolute atomic E-state index is 0.193. The summed E-state index contributed by atoms with van der Waals surface area (Å²) in [5.41, 5.74) is 2.21. The molecule has 2 aromatic rings. The Bertz CT molecular complexity index is 590. The fourth-order valence-corrected chi connectivity index (χ4v) is 2.45. The van der Waals surface area contributed by atoms with E-state index in [2.05, 4.69) is 22.8 Å².